The van der Waals surface area contributed by atoms with Crippen molar-refractivity contribution in [2.45, 2.75) is 56.7 Å². The maximum atomic E-state index is 15.3. The minimum atomic E-state index is -1.39. The predicted molar refractivity (Wildman–Crippen MR) is 159 cm³/mol. The Balaban J connectivity index is 1.45. The number of hydrogen-bond donors (Lipinski definition) is 3. The average molecular weight is 611 g/mol. The Morgan fingerprint density at radius 1 is 1.05 bits per heavy atom. The molecule has 3 aromatic rings. The third-order valence-corrected chi connectivity index (χ3v) is 8.78. The molecule has 1 aromatic heterocycles. The molecule has 44 heavy (non-hydrogen) atoms. The lowest BCUT2D eigenvalue weighted by Gasteiger charge is -2.41. The zero-order valence-electron chi connectivity index (χ0n) is 25.0. The molecule has 0 spiro atoms. The molecule has 3 N–H and O–H groups in total. The number of urea groups is 1. The molecule has 1 saturated heterocycles. The number of aliphatic hydroxyl groups is 1. The molecular weight excluding hydrogens is 574 g/mol. The number of fused-ring (bicyclic) bond motifs is 1. The van der Waals surface area contributed by atoms with Crippen LogP contribution in [0.15, 0.2) is 53.5 Å². The first kappa shape index (κ1) is 31.0. The van der Waals surface area contributed by atoms with Crippen LogP contribution < -0.4 is 30.6 Å². The maximum Gasteiger partial charge on any atom is 0.315 e. The second-order valence-corrected chi connectivity index (χ2v) is 11.6. The average Bonchev–Trinajstić information content (AvgIpc) is 3.29. The van der Waals surface area contributed by atoms with Crippen LogP contribution in [-0.4, -0.2) is 61.1 Å². The van der Waals surface area contributed by atoms with Gasteiger partial charge in [-0.15, -0.1) is 0 Å². The minimum Gasteiger partial charge on any atom is -0.497 e. The summed E-state index contributed by atoms with van der Waals surface area (Å²) in [5, 5.41) is 15.0. The van der Waals surface area contributed by atoms with E-state index in [2.05, 4.69) is 10.6 Å². The van der Waals surface area contributed by atoms with E-state index >= 15 is 8.78 Å². The molecule has 0 radical (unpaired) electrons. The summed E-state index contributed by atoms with van der Waals surface area (Å²) in [7, 11) is 2.88. The van der Waals surface area contributed by atoms with Crippen molar-refractivity contribution < 1.29 is 33.0 Å². The monoisotopic (exact) mass is 610 g/mol. The van der Waals surface area contributed by atoms with Crippen molar-refractivity contribution in [1.29, 1.82) is 0 Å². The molecule has 10 nitrogen and oxygen atoms in total. The topological polar surface area (TPSA) is 122 Å². The second kappa shape index (κ2) is 12.3. The van der Waals surface area contributed by atoms with Crippen LogP contribution in [0.3, 0.4) is 0 Å². The van der Waals surface area contributed by atoms with E-state index in [4.69, 9.17) is 9.47 Å². The molecule has 3 amide bonds. The highest BCUT2D eigenvalue weighted by Gasteiger charge is 2.46. The van der Waals surface area contributed by atoms with Crippen LogP contribution >= 0.6 is 0 Å². The van der Waals surface area contributed by atoms with E-state index in [9.17, 15) is 19.5 Å². The summed E-state index contributed by atoms with van der Waals surface area (Å²) >= 11 is 0. The van der Waals surface area contributed by atoms with E-state index in [1.54, 1.807) is 7.11 Å². The summed E-state index contributed by atoms with van der Waals surface area (Å²) in [5.41, 5.74) is 0.706. The van der Waals surface area contributed by atoms with Crippen LogP contribution in [0.5, 0.6) is 11.5 Å². The highest BCUT2D eigenvalue weighted by molar-refractivity contribution is 6.02. The van der Waals surface area contributed by atoms with Crippen LogP contribution in [0.2, 0.25) is 0 Å². The van der Waals surface area contributed by atoms with Gasteiger partial charge >= 0.3 is 6.03 Å². The molecule has 0 bridgehead atoms. The molecular formula is C32H36F2N4O6. The SMILES string of the molecule is COc1cc(F)c([C@@H]2CN(c3cccn(CCO)c3=O)C(=O)[C@H]2NC(=O)NC2CCc3cc(OC)ccc3C2(C)C)c(F)c1. The van der Waals surface area contributed by atoms with Crippen molar-refractivity contribution in [2.75, 3.05) is 32.3 Å². The number of aromatic nitrogens is 1. The molecule has 234 valence electrons. The van der Waals surface area contributed by atoms with Gasteiger partial charge in [0.25, 0.3) is 11.5 Å². The van der Waals surface area contributed by atoms with Crippen LogP contribution in [0.1, 0.15) is 42.9 Å². The number of benzene rings is 2. The standard InChI is InChI=1S/C32H36F2N4O6/c1-32(2)22-9-8-19(43-3)14-18(22)7-10-26(32)35-31(42)36-28-21(27-23(33)15-20(44-4)16-24(27)34)17-38(30(28)41)25-6-5-11-37(12-13-39)29(25)40/h5-6,8-9,11,14-16,21,26,28,39H,7,10,12-13,17H2,1-4H3,(H2,35,36,42)/t21-,26?,28-/m0/s1. The van der Waals surface area contributed by atoms with Gasteiger partial charge in [0.05, 0.1) is 20.8 Å². The van der Waals surface area contributed by atoms with Crippen molar-refractivity contribution >= 4 is 17.6 Å². The summed E-state index contributed by atoms with van der Waals surface area (Å²) < 4.78 is 42.3. The van der Waals surface area contributed by atoms with Crippen LogP contribution in [0.25, 0.3) is 0 Å². The zero-order valence-corrected chi connectivity index (χ0v) is 25.0. The number of aliphatic hydroxyl groups excluding tert-OH is 1. The Kier molecular flexibility index (Phi) is 8.64. The van der Waals surface area contributed by atoms with E-state index in [0.29, 0.717) is 12.8 Å². The first-order valence-electron chi connectivity index (χ1n) is 14.4. The van der Waals surface area contributed by atoms with E-state index < -0.39 is 52.1 Å². The number of hydrogen-bond acceptors (Lipinski definition) is 6. The predicted octanol–water partition coefficient (Wildman–Crippen LogP) is 3.23. The van der Waals surface area contributed by atoms with Gasteiger partial charge in [0, 0.05) is 54.4 Å². The van der Waals surface area contributed by atoms with Gasteiger partial charge in [0.15, 0.2) is 0 Å². The number of anilines is 1. The third kappa shape index (κ3) is 5.61. The lowest BCUT2D eigenvalue weighted by Crippen LogP contribution is -2.56. The van der Waals surface area contributed by atoms with Gasteiger partial charge in [-0.1, -0.05) is 19.9 Å². The zero-order chi connectivity index (χ0) is 31.8. The molecule has 2 aromatic carbocycles. The summed E-state index contributed by atoms with van der Waals surface area (Å²) in [5.74, 6) is -3.05. The van der Waals surface area contributed by atoms with Gasteiger partial charge in [-0.2, -0.15) is 0 Å². The molecule has 5 rings (SSSR count). The van der Waals surface area contributed by atoms with E-state index in [1.807, 2.05) is 32.0 Å². The van der Waals surface area contributed by atoms with Crippen molar-refractivity contribution in [1.82, 2.24) is 15.2 Å². The van der Waals surface area contributed by atoms with Crippen LogP contribution in [0, 0.1) is 11.6 Å². The summed E-state index contributed by atoms with van der Waals surface area (Å²) in [4.78, 5) is 41.6. The van der Waals surface area contributed by atoms with Crippen molar-refractivity contribution in [3.8, 4) is 11.5 Å². The molecule has 3 atom stereocenters. The fraction of sp³-hybridized carbons (Fsp3) is 0.406. The number of nitrogens with one attached hydrogen (secondary N) is 2. The number of pyridine rings is 1. The minimum absolute atomic E-state index is 0.00294. The normalized spacial score (nSPS) is 20.7. The number of amides is 3. The first-order valence-corrected chi connectivity index (χ1v) is 14.4. The largest absolute Gasteiger partial charge is 0.497 e. The van der Waals surface area contributed by atoms with Gasteiger partial charge in [-0.3, -0.25) is 9.59 Å². The second-order valence-electron chi connectivity index (χ2n) is 11.6. The fourth-order valence-corrected chi connectivity index (χ4v) is 6.39. The smallest absolute Gasteiger partial charge is 0.315 e. The number of carbonyl (C=O) groups is 2. The van der Waals surface area contributed by atoms with Gasteiger partial charge in [-0.25, -0.2) is 13.6 Å². The molecule has 2 aliphatic rings. The van der Waals surface area contributed by atoms with Crippen LogP contribution in [0.4, 0.5) is 19.3 Å². The van der Waals surface area contributed by atoms with E-state index in [1.165, 1.54) is 30.0 Å². The number of ether oxygens (including phenoxy) is 2. The Morgan fingerprint density at radius 2 is 1.75 bits per heavy atom. The summed E-state index contributed by atoms with van der Waals surface area (Å²) in [6, 6.07) is 8.44. The number of rotatable bonds is 8. The van der Waals surface area contributed by atoms with Crippen molar-refractivity contribution in [3.05, 3.63) is 87.3 Å². The molecule has 0 saturated carbocycles. The quantitative estimate of drug-likeness (QED) is 0.360. The Hall–Kier alpha value is -4.45. The van der Waals surface area contributed by atoms with Gasteiger partial charge < -0.3 is 34.7 Å². The number of carbonyl (C=O) groups excluding carboxylic acids is 2. The van der Waals surface area contributed by atoms with Crippen molar-refractivity contribution in [3.63, 3.8) is 0 Å². The number of aryl methyl sites for hydroxylation is 1. The molecule has 1 fully saturated rings. The number of methoxy groups -OCH3 is 2. The lowest BCUT2D eigenvalue weighted by atomic mass is 9.69. The molecule has 12 heteroatoms. The maximum absolute atomic E-state index is 15.3. The number of halogens is 2. The van der Waals surface area contributed by atoms with Gasteiger partial charge in [-0.05, 0) is 48.2 Å². The highest BCUT2D eigenvalue weighted by Crippen LogP contribution is 2.39. The van der Waals surface area contributed by atoms with Crippen LogP contribution in [-0.2, 0) is 23.2 Å². The molecule has 2 heterocycles. The Bertz CT molecular complexity index is 1620. The Morgan fingerprint density at radius 3 is 2.41 bits per heavy atom. The van der Waals surface area contributed by atoms with Gasteiger partial charge in [0.2, 0.25) is 0 Å². The highest BCUT2D eigenvalue weighted by atomic mass is 19.1. The fourth-order valence-electron chi connectivity index (χ4n) is 6.39. The summed E-state index contributed by atoms with van der Waals surface area (Å²) in [6.45, 7) is 3.46. The molecule has 1 aliphatic heterocycles. The Labute approximate surface area is 253 Å². The summed E-state index contributed by atoms with van der Waals surface area (Å²) in [6.07, 6.45) is 2.77. The van der Waals surface area contributed by atoms with E-state index in [-0.39, 0.29) is 37.2 Å². The number of nitrogens with zero attached hydrogens (tertiary/aromatic N) is 2. The first-order chi connectivity index (χ1) is 21.0. The van der Waals surface area contributed by atoms with Gasteiger partial charge in [0.1, 0.15) is 34.9 Å². The van der Waals surface area contributed by atoms with E-state index in [0.717, 1.165) is 33.9 Å². The van der Waals surface area contributed by atoms with Crippen molar-refractivity contribution in [2.24, 2.45) is 0 Å². The molecule has 1 aliphatic carbocycles. The third-order valence-electron chi connectivity index (χ3n) is 8.78. The lowest BCUT2D eigenvalue weighted by molar-refractivity contribution is -0.118. The molecule has 1 unspecified atom stereocenters.